The minimum Gasteiger partial charge on any atom is -0.461 e. The molecule has 0 amide bonds. The normalized spacial score (nSPS) is 10.3. The van der Waals surface area contributed by atoms with Crippen molar-refractivity contribution in [3.63, 3.8) is 0 Å². The van der Waals surface area contributed by atoms with Crippen molar-refractivity contribution in [2.45, 2.75) is 4.34 Å². The zero-order valence-corrected chi connectivity index (χ0v) is 14.3. The van der Waals surface area contributed by atoms with Gasteiger partial charge in [0, 0.05) is 11.4 Å². The standard InChI is InChI=1S/C17H15N3O2S2/c21-15(13-7-3-1-4-8-13)22-11-12-23-17-20-19-16(24-17)18-14-9-5-2-6-10-14/h1-10H,11-12H2,(H,18,19). The minimum atomic E-state index is -0.306. The van der Waals surface area contributed by atoms with Crippen molar-refractivity contribution in [1.82, 2.24) is 10.2 Å². The number of nitrogens with one attached hydrogen (secondary N) is 1. The first-order valence-corrected chi connectivity index (χ1v) is 9.12. The Kier molecular flexibility index (Phi) is 5.81. The van der Waals surface area contributed by atoms with Gasteiger partial charge < -0.3 is 10.1 Å². The Bertz CT molecular complexity index is 779. The van der Waals surface area contributed by atoms with E-state index >= 15 is 0 Å². The summed E-state index contributed by atoms with van der Waals surface area (Å²) in [5, 5.41) is 12.2. The summed E-state index contributed by atoms with van der Waals surface area (Å²) in [7, 11) is 0. The van der Waals surface area contributed by atoms with Crippen LogP contribution in [0.25, 0.3) is 0 Å². The van der Waals surface area contributed by atoms with Gasteiger partial charge in [-0.1, -0.05) is 59.5 Å². The van der Waals surface area contributed by atoms with Crippen LogP contribution >= 0.6 is 23.1 Å². The van der Waals surface area contributed by atoms with Gasteiger partial charge in [-0.25, -0.2) is 4.79 Å². The number of carbonyl (C=O) groups is 1. The molecule has 3 aromatic rings. The lowest BCUT2D eigenvalue weighted by molar-refractivity contribution is 0.0530. The first-order valence-electron chi connectivity index (χ1n) is 7.32. The summed E-state index contributed by atoms with van der Waals surface area (Å²) >= 11 is 2.99. The van der Waals surface area contributed by atoms with Crippen LogP contribution in [-0.4, -0.2) is 28.5 Å². The van der Waals surface area contributed by atoms with E-state index in [0.29, 0.717) is 17.9 Å². The molecule has 0 bridgehead atoms. The van der Waals surface area contributed by atoms with Crippen LogP contribution in [0.1, 0.15) is 10.4 Å². The number of benzene rings is 2. The molecule has 3 rings (SSSR count). The van der Waals surface area contributed by atoms with Crippen molar-refractivity contribution in [3.8, 4) is 0 Å². The average Bonchev–Trinajstić information content (AvgIpc) is 3.07. The van der Waals surface area contributed by atoms with Gasteiger partial charge in [-0.05, 0) is 24.3 Å². The SMILES string of the molecule is O=C(OCCSc1nnc(Nc2ccccc2)s1)c1ccccc1. The largest absolute Gasteiger partial charge is 0.461 e. The Morgan fingerprint density at radius 2 is 1.75 bits per heavy atom. The molecule has 0 aliphatic heterocycles. The van der Waals surface area contributed by atoms with Crippen LogP contribution in [0.2, 0.25) is 0 Å². The van der Waals surface area contributed by atoms with Crippen molar-refractivity contribution in [2.75, 3.05) is 17.7 Å². The second-order valence-electron chi connectivity index (χ2n) is 4.71. The number of nitrogens with zero attached hydrogens (tertiary/aromatic N) is 2. The van der Waals surface area contributed by atoms with E-state index in [1.807, 2.05) is 48.5 Å². The van der Waals surface area contributed by atoms with Gasteiger partial charge >= 0.3 is 5.97 Å². The molecule has 122 valence electrons. The fraction of sp³-hybridized carbons (Fsp3) is 0.118. The molecule has 0 atom stereocenters. The number of hydrogen-bond donors (Lipinski definition) is 1. The molecule has 0 radical (unpaired) electrons. The van der Waals surface area contributed by atoms with Crippen molar-refractivity contribution < 1.29 is 9.53 Å². The van der Waals surface area contributed by atoms with E-state index in [1.165, 1.54) is 23.1 Å². The predicted octanol–water partition coefficient (Wildman–Crippen LogP) is 4.23. The van der Waals surface area contributed by atoms with Gasteiger partial charge in [0.1, 0.15) is 6.61 Å². The number of hydrogen-bond acceptors (Lipinski definition) is 7. The lowest BCUT2D eigenvalue weighted by Crippen LogP contribution is -2.07. The van der Waals surface area contributed by atoms with Gasteiger partial charge in [0.15, 0.2) is 4.34 Å². The quantitative estimate of drug-likeness (QED) is 0.388. The maximum Gasteiger partial charge on any atom is 0.338 e. The number of carbonyl (C=O) groups excluding carboxylic acids is 1. The van der Waals surface area contributed by atoms with Crippen molar-refractivity contribution in [3.05, 3.63) is 66.2 Å². The molecule has 0 fully saturated rings. The highest BCUT2D eigenvalue weighted by Crippen LogP contribution is 2.27. The third-order valence-corrected chi connectivity index (χ3v) is 4.92. The zero-order valence-electron chi connectivity index (χ0n) is 12.7. The number of esters is 1. The van der Waals surface area contributed by atoms with E-state index < -0.39 is 0 Å². The van der Waals surface area contributed by atoms with E-state index in [0.717, 1.165) is 15.2 Å². The highest BCUT2D eigenvalue weighted by Gasteiger charge is 2.08. The first-order chi connectivity index (χ1) is 11.8. The second kappa shape index (κ2) is 8.47. The Morgan fingerprint density at radius 1 is 1.04 bits per heavy atom. The van der Waals surface area contributed by atoms with Gasteiger partial charge in [-0.2, -0.15) is 0 Å². The van der Waals surface area contributed by atoms with Gasteiger partial charge in [0.25, 0.3) is 0 Å². The van der Waals surface area contributed by atoms with E-state index in [2.05, 4.69) is 15.5 Å². The molecule has 2 aromatic carbocycles. The third-order valence-electron chi connectivity index (χ3n) is 2.98. The van der Waals surface area contributed by atoms with Crippen LogP contribution in [0, 0.1) is 0 Å². The molecule has 1 N–H and O–H groups in total. The molecular weight excluding hydrogens is 342 g/mol. The van der Waals surface area contributed by atoms with Crippen LogP contribution in [0.5, 0.6) is 0 Å². The highest BCUT2D eigenvalue weighted by molar-refractivity contribution is 8.01. The average molecular weight is 357 g/mol. The highest BCUT2D eigenvalue weighted by atomic mass is 32.2. The van der Waals surface area contributed by atoms with Crippen molar-refractivity contribution in [1.29, 1.82) is 0 Å². The van der Waals surface area contributed by atoms with Gasteiger partial charge in [-0.3, -0.25) is 0 Å². The lowest BCUT2D eigenvalue weighted by atomic mass is 10.2. The molecule has 0 aliphatic carbocycles. The Morgan fingerprint density at radius 3 is 2.50 bits per heavy atom. The maximum atomic E-state index is 11.8. The van der Waals surface area contributed by atoms with Crippen LogP contribution in [-0.2, 0) is 4.74 Å². The van der Waals surface area contributed by atoms with E-state index in [1.54, 1.807) is 12.1 Å². The van der Waals surface area contributed by atoms with E-state index in [-0.39, 0.29) is 5.97 Å². The van der Waals surface area contributed by atoms with Crippen LogP contribution in [0.4, 0.5) is 10.8 Å². The number of aromatic nitrogens is 2. The summed E-state index contributed by atoms with van der Waals surface area (Å²) in [6.45, 7) is 0.333. The summed E-state index contributed by atoms with van der Waals surface area (Å²) in [6.07, 6.45) is 0. The van der Waals surface area contributed by atoms with Gasteiger partial charge in [-0.15, -0.1) is 10.2 Å². The molecule has 1 aromatic heterocycles. The minimum absolute atomic E-state index is 0.306. The van der Waals surface area contributed by atoms with Crippen molar-refractivity contribution >= 4 is 39.9 Å². The number of para-hydroxylation sites is 1. The van der Waals surface area contributed by atoms with Gasteiger partial charge in [0.2, 0.25) is 5.13 Å². The Labute approximate surface area is 148 Å². The molecule has 24 heavy (non-hydrogen) atoms. The van der Waals surface area contributed by atoms with Crippen LogP contribution < -0.4 is 5.32 Å². The summed E-state index contributed by atoms with van der Waals surface area (Å²) in [6, 6.07) is 18.8. The molecule has 0 saturated carbocycles. The lowest BCUT2D eigenvalue weighted by Gasteiger charge is -2.03. The van der Waals surface area contributed by atoms with Crippen LogP contribution in [0.15, 0.2) is 65.0 Å². The number of rotatable bonds is 7. The number of ether oxygens (including phenoxy) is 1. The Balaban J connectivity index is 1.42. The molecule has 0 spiro atoms. The zero-order chi connectivity index (χ0) is 16.6. The molecule has 0 unspecified atom stereocenters. The second-order valence-corrected chi connectivity index (χ2v) is 7.03. The molecule has 5 nitrogen and oxygen atoms in total. The molecule has 7 heteroatoms. The van der Waals surface area contributed by atoms with E-state index in [4.69, 9.17) is 4.74 Å². The van der Waals surface area contributed by atoms with E-state index in [9.17, 15) is 4.79 Å². The maximum absolute atomic E-state index is 11.8. The van der Waals surface area contributed by atoms with Crippen LogP contribution in [0.3, 0.4) is 0 Å². The first kappa shape index (κ1) is 16.5. The summed E-state index contributed by atoms with van der Waals surface area (Å²) in [5.41, 5.74) is 1.54. The Hall–Kier alpha value is -2.38. The molecule has 0 aliphatic rings. The van der Waals surface area contributed by atoms with Gasteiger partial charge in [0.05, 0.1) is 5.56 Å². The predicted molar refractivity (Wildman–Crippen MR) is 97.1 cm³/mol. The topological polar surface area (TPSA) is 64.1 Å². The molecule has 1 heterocycles. The molecule has 0 saturated heterocycles. The summed E-state index contributed by atoms with van der Waals surface area (Å²) < 4.78 is 6.07. The summed E-state index contributed by atoms with van der Waals surface area (Å²) in [4.78, 5) is 11.8. The monoisotopic (exact) mass is 357 g/mol. The molecular formula is C17H15N3O2S2. The number of thioether (sulfide) groups is 1. The summed E-state index contributed by atoms with van der Waals surface area (Å²) in [5.74, 6) is 0.332. The number of anilines is 2. The fourth-order valence-electron chi connectivity index (χ4n) is 1.88. The third kappa shape index (κ3) is 4.81. The van der Waals surface area contributed by atoms with Crippen molar-refractivity contribution in [2.24, 2.45) is 0 Å². The smallest absolute Gasteiger partial charge is 0.338 e. The fourth-order valence-corrected chi connectivity index (χ4v) is 3.54.